The molecule has 0 aliphatic carbocycles. The van der Waals surface area contributed by atoms with Gasteiger partial charge < -0.3 is 10.6 Å². The standard InChI is InChI=1S/C13H22N2S/c1-12(2)9-13(10-14,6-7-15(12)3)11-5-4-8-16-11/h4-5,8H,6-7,9-10,14H2,1-3H3. The number of rotatable bonds is 2. The Morgan fingerprint density at radius 3 is 2.75 bits per heavy atom. The van der Waals surface area contributed by atoms with E-state index in [1.165, 1.54) is 11.3 Å². The van der Waals surface area contributed by atoms with Gasteiger partial charge in [0.2, 0.25) is 0 Å². The Balaban J connectivity index is 2.30. The fourth-order valence-corrected chi connectivity index (χ4v) is 3.77. The lowest BCUT2D eigenvalue weighted by atomic mass is 9.70. The van der Waals surface area contributed by atoms with Crippen LogP contribution in [0.3, 0.4) is 0 Å². The first-order valence-electron chi connectivity index (χ1n) is 5.95. The number of thiophene rings is 1. The fourth-order valence-electron chi connectivity index (χ4n) is 2.80. The van der Waals surface area contributed by atoms with Gasteiger partial charge >= 0.3 is 0 Å². The minimum atomic E-state index is 0.212. The lowest BCUT2D eigenvalue weighted by Gasteiger charge is -2.49. The van der Waals surface area contributed by atoms with E-state index in [4.69, 9.17) is 5.73 Å². The van der Waals surface area contributed by atoms with Gasteiger partial charge in [-0.2, -0.15) is 0 Å². The van der Waals surface area contributed by atoms with Crippen molar-refractivity contribution in [3.63, 3.8) is 0 Å². The lowest BCUT2D eigenvalue weighted by molar-refractivity contribution is 0.0581. The molecule has 1 atom stereocenters. The molecular formula is C13H22N2S. The molecule has 1 saturated heterocycles. The third-order valence-corrected chi connectivity index (χ3v) is 5.28. The molecule has 0 bridgehead atoms. The molecule has 0 amide bonds. The van der Waals surface area contributed by atoms with Crippen LogP contribution < -0.4 is 5.73 Å². The average Bonchev–Trinajstić information content (AvgIpc) is 2.76. The summed E-state index contributed by atoms with van der Waals surface area (Å²) in [7, 11) is 2.22. The Morgan fingerprint density at radius 2 is 2.25 bits per heavy atom. The molecule has 0 radical (unpaired) electrons. The minimum Gasteiger partial charge on any atom is -0.330 e. The quantitative estimate of drug-likeness (QED) is 0.857. The maximum absolute atomic E-state index is 6.08. The lowest BCUT2D eigenvalue weighted by Crippen LogP contribution is -2.55. The Kier molecular flexibility index (Phi) is 3.12. The second kappa shape index (κ2) is 4.13. The molecule has 1 fully saturated rings. The van der Waals surface area contributed by atoms with Gasteiger partial charge in [-0.1, -0.05) is 6.07 Å². The molecule has 1 aromatic heterocycles. The third kappa shape index (κ3) is 1.92. The molecule has 2 rings (SSSR count). The first-order chi connectivity index (χ1) is 7.50. The summed E-state index contributed by atoms with van der Waals surface area (Å²) in [4.78, 5) is 3.92. The number of piperidine rings is 1. The smallest absolute Gasteiger partial charge is 0.0199 e. The van der Waals surface area contributed by atoms with E-state index in [1.807, 2.05) is 11.3 Å². The minimum absolute atomic E-state index is 0.212. The summed E-state index contributed by atoms with van der Waals surface area (Å²) in [5.41, 5.74) is 6.55. The van der Waals surface area contributed by atoms with E-state index >= 15 is 0 Å². The van der Waals surface area contributed by atoms with Crippen molar-refractivity contribution in [2.75, 3.05) is 20.1 Å². The van der Waals surface area contributed by atoms with E-state index in [-0.39, 0.29) is 11.0 Å². The zero-order valence-corrected chi connectivity index (χ0v) is 11.3. The van der Waals surface area contributed by atoms with Crippen LogP contribution in [0.5, 0.6) is 0 Å². The molecule has 16 heavy (non-hydrogen) atoms. The second-order valence-corrected chi connectivity index (χ2v) is 6.57. The molecule has 0 spiro atoms. The SMILES string of the molecule is CN1CCC(CN)(c2cccs2)CC1(C)C. The predicted octanol–water partition coefficient (Wildman–Crippen LogP) is 2.45. The van der Waals surface area contributed by atoms with E-state index < -0.39 is 0 Å². The molecule has 2 N–H and O–H groups in total. The van der Waals surface area contributed by atoms with Crippen LogP contribution in [0.2, 0.25) is 0 Å². The highest BCUT2D eigenvalue weighted by molar-refractivity contribution is 7.10. The van der Waals surface area contributed by atoms with Gasteiger partial charge in [0, 0.05) is 22.4 Å². The predicted molar refractivity (Wildman–Crippen MR) is 71.0 cm³/mol. The van der Waals surface area contributed by atoms with Crippen LogP contribution in [0.1, 0.15) is 31.6 Å². The van der Waals surface area contributed by atoms with Crippen molar-refractivity contribution in [1.82, 2.24) is 4.90 Å². The summed E-state index contributed by atoms with van der Waals surface area (Å²) < 4.78 is 0. The largest absolute Gasteiger partial charge is 0.330 e. The van der Waals surface area contributed by atoms with E-state index in [0.717, 1.165) is 19.5 Å². The average molecular weight is 238 g/mol. The van der Waals surface area contributed by atoms with E-state index in [9.17, 15) is 0 Å². The van der Waals surface area contributed by atoms with Crippen molar-refractivity contribution in [2.45, 2.75) is 37.6 Å². The summed E-state index contributed by atoms with van der Waals surface area (Å²) in [6.07, 6.45) is 2.34. The molecule has 3 heteroatoms. The van der Waals surface area contributed by atoms with Crippen LogP contribution in [0, 0.1) is 0 Å². The van der Waals surface area contributed by atoms with Crippen molar-refractivity contribution in [2.24, 2.45) is 5.73 Å². The normalized spacial score (nSPS) is 30.5. The molecule has 1 aliphatic rings. The highest BCUT2D eigenvalue weighted by atomic mass is 32.1. The monoisotopic (exact) mass is 238 g/mol. The van der Waals surface area contributed by atoms with Crippen LogP contribution in [0.25, 0.3) is 0 Å². The molecule has 0 aromatic carbocycles. The number of hydrogen-bond donors (Lipinski definition) is 1. The molecule has 1 aromatic rings. The Bertz CT molecular complexity index is 345. The number of likely N-dealkylation sites (tertiary alicyclic amines) is 1. The molecule has 1 aliphatic heterocycles. The number of nitrogens with zero attached hydrogens (tertiary/aromatic N) is 1. The van der Waals surface area contributed by atoms with Gasteiger partial charge in [0.05, 0.1) is 0 Å². The first kappa shape index (κ1) is 12.1. The van der Waals surface area contributed by atoms with Gasteiger partial charge in [-0.3, -0.25) is 0 Å². The van der Waals surface area contributed by atoms with Crippen LogP contribution in [-0.2, 0) is 5.41 Å². The van der Waals surface area contributed by atoms with Gasteiger partial charge in [-0.25, -0.2) is 0 Å². The summed E-state index contributed by atoms with van der Waals surface area (Å²) in [5.74, 6) is 0. The van der Waals surface area contributed by atoms with Gasteiger partial charge in [-0.15, -0.1) is 11.3 Å². The molecule has 2 heterocycles. The molecule has 90 valence electrons. The maximum atomic E-state index is 6.08. The zero-order chi connectivity index (χ0) is 11.8. The van der Waals surface area contributed by atoms with Crippen LogP contribution in [0.15, 0.2) is 17.5 Å². The summed E-state index contributed by atoms with van der Waals surface area (Å²) >= 11 is 1.86. The van der Waals surface area contributed by atoms with E-state index in [2.05, 4.69) is 43.3 Å². The maximum Gasteiger partial charge on any atom is 0.0199 e. The summed E-state index contributed by atoms with van der Waals surface area (Å²) in [5, 5.41) is 2.16. The topological polar surface area (TPSA) is 29.3 Å². The summed E-state index contributed by atoms with van der Waals surface area (Å²) in [6.45, 7) is 6.56. The Morgan fingerprint density at radius 1 is 1.50 bits per heavy atom. The Labute approximate surface area is 102 Å². The van der Waals surface area contributed by atoms with Gasteiger partial charge in [0.25, 0.3) is 0 Å². The van der Waals surface area contributed by atoms with Crippen molar-refractivity contribution < 1.29 is 0 Å². The molecule has 1 unspecified atom stereocenters. The highest BCUT2D eigenvalue weighted by Gasteiger charge is 2.43. The second-order valence-electron chi connectivity index (χ2n) is 5.62. The third-order valence-electron chi connectivity index (χ3n) is 4.16. The highest BCUT2D eigenvalue weighted by Crippen LogP contribution is 2.43. The van der Waals surface area contributed by atoms with Crippen molar-refractivity contribution in [3.05, 3.63) is 22.4 Å². The van der Waals surface area contributed by atoms with Crippen LogP contribution in [0.4, 0.5) is 0 Å². The van der Waals surface area contributed by atoms with Gasteiger partial charge in [0.15, 0.2) is 0 Å². The van der Waals surface area contributed by atoms with Gasteiger partial charge in [-0.05, 0) is 51.7 Å². The van der Waals surface area contributed by atoms with E-state index in [1.54, 1.807) is 0 Å². The van der Waals surface area contributed by atoms with Crippen molar-refractivity contribution in [1.29, 1.82) is 0 Å². The first-order valence-corrected chi connectivity index (χ1v) is 6.83. The number of hydrogen-bond acceptors (Lipinski definition) is 3. The van der Waals surface area contributed by atoms with Gasteiger partial charge in [0.1, 0.15) is 0 Å². The van der Waals surface area contributed by atoms with Crippen molar-refractivity contribution in [3.8, 4) is 0 Å². The molecule has 0 saturated carbocycles. The Hall–Kier alpha value is -0.380. The number of nitrogens with two attached hydrogens (primary N) is 1. The molecule has 2 nitrogen and oxygen atoms in total. The fraction of sp³-hybridized carbons (Fsp3) is 0.692. The molecular weight excluding hydrogens is 216 g/mol. The summed E-state index contributed by atoms with van der Waals surface area (Å²) in [6, 6.07) is 4.39. The van der Waals surface area contributed by atoms with Crippen molar-refractivity contribution >= 4 is 11.3 Å². The van der Waals surface area contributed by atoms with E-state index in [0.29, 0.717) is 0 Å². The zero-order valence-electron chi connectivity index (χ0n) is 10.5. The van der Waals surface area contributed by atoms with Crippen LogP contribution >= 0.6 is 11.3 Å². The van der Waals surface area contributed by atoms with Crippen LogP contribution in [-0.4, -0.2) is 30.6 Å².